The normalized spacial score (nSPS) is 30.6. The van der Waals surface area contributed by atoms with E-state index in [1.54, 1.807) is 0 Å². The summed E-state index contributed by atoms with van der Waals surface area (Å²) in [5, 5.41) is 23.9. The lowest BCUT2D eigenvalue weighted by Crippen LogP contribution is -2.61. The average molecular weight is 679 g/mol. The molecule has 4 heterocycles. The van der Waals surface area contributed by atoms with Gasteiger partial charge in [0.2, 0.25) is 0 Å². The van der Waals surface area contributed by atoms with E-state index in [2.05, 4.69) is 91.2 Å². The van der Waals surface area contributed by atoms with E-state index in [1.807, 2.05) is 12.4 Å². The Balaban J connectivity index is 1.20. The number of hydrogen-bond acceptors (Lipinski definition) is 6. The van der Waals surface area contributed by atoms with Crippen LogP contribution < -0.4 is 9.80 Å². The van der Waals surface area contributed by atoms with Crippen LogP contribution in [0.2, 0.25) is 0 Å². The largest absolute Gasteiger partial charge is 0.507 e. The smallest absolute Gasteiger partial charge is 0.130 e. The Morgan fingerprint density at radius 1 is 0.660 bits per heavy atom. The van der Waals surface area contributed by atoms with E-state index >= 15 is 0 Å². The van der Waals surface area contributed by atoms with Crippen molar-refractivity contribution >= 4 is 23.8 Å². The topological polar surface area (TPSA) is 71.7 Å². The van der Waals surface area contributed by atoms with Crippen LogP contribution >= 0.6 is 0 Å². The Hall–Kier alpha value is -3.02. The van der Waals surface area contributed by atoms with Crippen molar-refractivity contribution in [1.29, 1.82) is 0 Å². The summed E-state index contributed by atoms with van der Waals surface area (Å²) in [6.45, 7) is 28.2. The summed E-state index contributed by atoms with van der Waals surface area (Å²) in [7, 11) is 0. The summed E-state index contributed by atoms with van der Waals surface area (Å²) >= 11 is 0. The van der Waals surface area contributed by atoms with Crippen LogP contribution in [-0.2, 0) is 21.7 Å². The Bertz CT molecular complexity index is 1810. The molecule has 270 valence electrons. The molecule has 2 aromatic rings. The molecule has 2 N–H and O–H groups in total. The molecular formula is C44H62N4O2. The first-order valence-electron chi connectivity index (χ1n) is 19.7. The molecule has 3 fully saturated rings. The summed E-state index contributed by atoms with van der Waals surface area (Å²) in [6, 6.07) is 4.48. The van der Waals surface area contributed by atoms with Crippen molar-refractivity contribution in [1.82, 2.24) is 0 Å². The van der Waals surface area contributed by atoms with E-state index in [9.17, 15) is 10.2 Å². The first-order chi connectivity index (χ1) is 23.3. The zero-order valence-corrected chi connectivity index (χ0v) is 32.6. The standard InChI is InChI=1S/C44H62N4O2/c1-39(2)13-17-47-19-15-41(5,6)33-35(47)30(39)21-27(37(33)49)24-45-26-44(12-11-29-23-32(44)43(29,9)10)46-25-28-22-31-36-34(38(28)50)42(7,8)16-20-48(36)18-14-40(31,3)4/h21-22,24-25,29,32,49-50H,11-20,23,26H2,1-10H3/t29-,32?,44?/m0/s1. The highest BCUT2D eigenvalue weighted by molar-refractivity contribution is 5.90. The quantitative estimate of drug-likeness (QED) is 0.310. The number of phenolic OH excluding ortho intramolecular Hbond substituents is 2. The van der Waals surface area contributed by atoms with Crippen molar-refractivity contribution in [2.45, 2.75) is 141 Å². The zero-order chi connectivity index (χ0) is 35.8. The van der Waals surface area contributed by atoms with Crippen LogP contribution in [0.5, 0.6) is 11.5 Å². The highest BCUT2D eigenvalue weighted by atomic mass is 16.3. The maximum absolute atomic E-state index is 12.0. The van der Waals surface area contributed by atoms with Crippen LogP contribution in [0.15, 0.2) is 22.1 Å². The molecule has 3 saturated carbocycles. The lowest BCUT2D eigenvalue weighted by atomic mass is 9.43. The minimum atomic E-state index is -0.348. The molecule has 2 aromatic carbocycles. The molecule has 6 heteroatoms. The predicted molar refractivity (Wildman–Crippen MR) is 209 cm³/mol. The van der Waals surface area contributed by atoms with Crippen molar-refractivity contribution in [3.05, 3.63) is 45.5 Å². The van der Waals surface area contributed by atoms with Gasteiger partial charge in [0.1, 0.15) is 11.5 Å². The van der Waals surface area contributed by atoms with Gasteiger partial charge in [0.15, 0.2) is 0 Å². The molecule has 0 spiro atoms. The fourth-order valence-corrected chi connectivity index (χ4v) is 11.3. The van der Waals surface area contributed by atoms with E-state index in [4.69, 9.17) is 9.98 Å². The number of nitrogens with zero attached hydrogens (tertiary/aromatic N) is 4. The van der Waals surface area contributed by atoms with Gasteiger partial charge in [-0.05, 0) is 107 Å². The van der Waals surface area contributed by atoms with E-state index in [0.717, 1.165) is 92.9 Å². The Morgan fingerprint density at radius 3 is 1.58 bits per heavy atom. The van der Waals surface area contributed by atoms with Crippen LogP contribution in [0.4, 0.5) is 11.4 Å². The minimum Gasteiger partial charge on any atom is -0.507 e. The number of anilines is 2. The molecule has 2 unspecified atom stereocenters. The van der Waals surface area contributed by atoms with Gasteiger partial charge in [-0.1, -0.05) is 69.2 Å². The molecule has 0 amide bonds. The van der Waals surface area contributed by atoms with Crippen molar-refractivity contribution in [3.8, 4) is 11.5 Å². The number of fused-ring (bicyclic) bond motifs is 2. The third-order valence-electron chi connectivity index (χ3n) is 15.2. The third kappa shape index (κ3) is 4.85. The predicted octanol–water partition coefficient (Wildman–Crippen LogP) is 9.17. The maximum atomic E-state index is 12.0. The summed E-state index contributed by atoms with van der Waals surface area (Å²) in [5.74, 6) is 1.97. The second-order valence-corrected chi connectivity index (χ2v) is 20.4. The molecule has 2 bridgehead atoms. The van der Waals surface area contributed by atoms with Gasteiger partial charge in [0.25, 0.3) is 0 Å². The lowest BCUT2D eigenvalue weighted by molar-refractivity contribution is -0.112. The number of rotatable bonds is 5. The third-order valence-corrected chi connectivity index (χ3v) is 15.2. The van der Waals surface area contributed by atoms with Crippen LogP contribution in [-0.4, -0.2) is 60.9 Å². The summed E-state index contributed by atoms with van der Waals surface area (Å²) < 4.78 is 0. The van der Waals surface area contributed by atoms with Gasteiger partial charge in [-0.3, -0.25) is 9.98 Å². The zero-order valence-electron chi connectivity index (χ0n) is 32.6. The fraction of sp³-hybridized carbons (Fsp3) is 0.682. The lowest BCUT2D eigenvalue weighted by Gasteiger charge is -2.63. The number of aliphatic imine (C=N–C) groups is 2. The van der Waals surface area contributed by atoms with Gasteiger partial charge < -0.3 is 20.0 Å². The molecule has 3 atom stereocenters. The molecule has 0 saturated heterocycles. The first-order valence-corrected chi connectivity index (χ1v) is 19.7. The SMILES string of the molecule is CC1(C)CCN2CCC(C)(C)c3c(O)c(C=NCC4(N=Cc5cc6c7c(c5O)C(C)(C)CCN7CCC6(C)C)CC[C@H]5CC4C5(C)C)cc1c32. The van der Waals surface area contributed by atoms with E-state index < -0.39 is 0 Å². The molecule has 0 radical (unpaired) electrons. The van der Waals surface area contributed by atoms with Gasteiger partial charge in [-0.2, -0.15) is 0 Å². The molecule has 6 nitrogen and oxygen atoms in total. The highest BCUT2D eigenvalue weighted by Crippen LogP contribution is 2.64. The van der Waals surface area contributed by atoms with Gasteiger partial charge in [-0.15, -0.1) is 0 Å². The first kappa shape index (κ1) is 34.1. The molecule has 4 aliphatic heterocycles. The number of aromatic hydroxyl groups is 2. The van der Waals surface area contributed by atoms with Gasteiger partial charge in [0, 0.05) is 72.2 Å². The summed E-state index contributed by atoms with van der Waals surface area (Å²) in [5.41, 5.74) is 8.85. The van der Waals surface area contributed by atoms with Crippen LogP contribution in [0.3, 0.4) is 0 Å². The minimum absolute atomic E-state index is 0.0384. The Morgan fingerprint density at radius 2 is 1.12 bits per heavy atom. The Labute approximate surface area is 301 Å². The second-order valence-electron chi connectivity index (χ2n) is 20.4. The molecular weight excluding hydrogens is 617 g/mol. The monoisotopic (exact) mass is 678 g/mol. The molecule has 3 aliphatic carbocycles. The highest BCUT2D eigenvalue weighted by Gasteiger charge is 2.61. The van der Waals surface area contributed by atoms with E-state index in [-0.39, 0.29) is 32.6 Å². The number of benzene rings is 2. The molecule has 0 aromatic heterocycles. The summed E-state index contributed by atoms with van der Waals surface area (Å²) in [4.78, 5) is 15.8. The van der Waals surface area contributed by atoms with Crippen LogP contribution in [0.1, 0.15) is 148 Å². The Kier molecular flexibility index (Phi) is 7.34. The van der Waals surface area contributed by atoms with Gasteiger partial charge >= 0.3 is 0 Å². The van der Waals surface area contributed by atoms with Gasteiger partial charge in [0.05, 0.1) is 12.1 Å². The van der Waals surface area contributed by atoms with Gasteiger partial charge in [-0.25, -0.2) is 0 Å². The molecule has 7 aliphatic rings. The van der Waals surface area contributed by atoms with Crippen molar-refractivity contribution in [2.75, 3.05) is 42.5 Å². The van der Waals surface area contributed by atoms with Crippen LogP contribution in [0.25, 0.3) is 0 Å². The van der Waals surface area contributed by atoms with E-state index in [1.165, 1.54) is 28.9 Å². The fourth-order valence-electron chi connectivity index (χ4n) is 11.3. The molecule has 9 rings (SSSR count). The van der Waals surface area contributed by atoms with Crippen molar-refractivity contribution in [2.24, 2.45) is 27.2 Å². The second kappa shape index (κ2) is 10.8. The summed E-state index contributed by atoms with van der Waals surface area (Å²) in [6.07, 6.45) is 11.6. The number of hydrogen-bond donors (Lipinski definition) is 2. The molecule has 50 heavy (non-hydrogen) atoms. The van der Waals surface area contributed by atoms with E-state index in [0.29, 0.717) is 24.0 Å². The maximum Gasteiger partial charge on any atom is 0.130 e. The average Bonchev–Trinajstić information content (AvgIpc) is 3.03. The van der Waals surface area contributed by atoms with Crippen molar-refractivity contribution < 1.29 is 10.2 Å². The van der Waals surface area contributed by atoms with Crippen molar-refractivity contribution in [3.63, 3.8) is 0 Å². The number of phenols is 2. The van der Waals surface area contributed by atoms with Crippen LogP contribution in [0, 0.1) is 17.3 Å².